The first kappa shape index (κ1) is 20.6. The number of rotatable bonds is 7. The zero-order valence-electron chi connectivity index (χ0n) is 16.3. The van der Waals surface area contributed by atoms with Crippen LogP contribution in [-0.2, 0) is 11.3 Å². The summed E-state index contributed by atoms with van der Waals surface area (Å²) in [5.74, 6) is -0.836. The van der Waals surface area contributed by atoms with Crippen LogP contribution in [0.1, 0.15) is 42.3 Å². The summed E-state index contributed by atoms with van der Waals surface area (Å²) in [5, 5.41) is 2.88. The zero-order chi connectivity index (χ0) is 20.0. The van der Waals surface area contributed by atoms with E-state index in [9.17, 15) is 14.0 Å². The Morgan fingerprint density at radius 2 is 1.81 bits per heavy atom. The molecule has 2 aromatic rings. The number of benzene rings is 2. The van der Waals surface area contributed by atoms with Crippen molar-refractivity contribution in [2.75, 3.05) is 6.54 Å². The van der Waals surface area contributed by atoms with Crippen molar-refractivity contribution in [1.82, 2.24) is 10.2 Å². The molecule has 0 aromatic heterocycles. The number of carbonyl (C=O) groups is 2. The topological polar surface area (TPSA) is 49.4 Å². The van der Waals surface area contributed by atoms with Crippen molar-refractivity contribution in [2.45, 2.75) is 40.3 Å². The van der Waals surface area contributed by atoms with Gasteiger partial charge in [-0.25, -0.2) is 4.39 Å². The third-order valence-electron chi connectivity index (χ3n) is 4.56. The van der Waals surface area contributed by atoms with E-state index in [1.165, 1.54) is 12.1 Å². The van der Waals surface area contributed by atoms with E-state index in [-0.39, 0.29) is 23.5 Å². The second-order valence-electron chi connectivity index (χ2n) is 6.99. The lowest BCUT2D eigenvalue weighted by Crippen LogP contribution is -2.51. The fourth-order valence-corrected chi connectivity index (χ4v) is 2.96. The van der Waals surface area contributed by atoms with Gasteiger partial charge in [0.15, 0.2) is 0 Å². The minimum Gasteiger partial charge on any atom is -0.340 e. The number of aryl methyl sites for hydroxylation is 1. The molecule has 27 heavy (non-hydrogen) atoms. The minimum atomic E-state index is -0.648. The Balaban J connectivity index is 2.17. The summed E-state index contributed by atoms with van der Waals surface area (Å²) in [7, 11) is 0. The summed E-state index contributed by atoms with van der Waals surface area (Å²) < 4.78 is 13.4. The van der Waals surface area contributed by atoms with Crippen LogP contribution in [0.4, 0.5) is 4.39 Å². The predicted molar refractivity (Wildman–Crippen MR) is 105 cm³/mol. The highest BCUT2D eigenvalue weighted by atomic mass is 19.1. The van der Waals surface area contributed by atoms with Gasteiger partial charge < -0.3 is 10.2 Å². The Bertz CT molecular complexity index is 804. The van der Waals surface area contributed by atoms with Gasteiger partial charge in [-0.1, -0.05) is 44.2 Å². The van der Waals surface area contributed by atoms with Crippen molar-refractivity contribution in [2.24, 2.45) is 5.92 Å². The number of halogens is 1. The first-order chi connectivity index (χ1) is 12.8. The fourth-order valence-electron chi connectivity index (χ4n) is 2.96. The van der Waals surface area contributed by atoms with Crippen molar-refractivity contribution >= 4 is 11.8 Å². The fraction of sp³-hybridized carbons (Fsp3) is 0.364. The third kappa shape index (κ3) is 5.39. The molecular weight excluding hydrogens is 343 g/mol. The number of carbonyl (C=O) groups excluding carboxylic acids is 2. The van der Waals surface area contributed by atoms with Crippen LogP contribution in [0, 0.1) is 18.7 Å². The second-order valence-corrected chi connectivity index (χ2v) is 6.99. The Labute approximate surface area is 160 Å². The molecule has 2 rings (SSSR count). The molecule has 1 atom stereocenters. The lowest BCUT2D eigenvalue weighted by atomic mass is 10.0. The van der Waals surface area contributed by atoms with Gasteiger partial charge >= 0.3 is 0 Å². The van der Waals surface area contributed by atoms with E-state index in [2.05, 4.69) is 5.32 Å². The van der Waals surface area contributed by atoms with Crippen molar-refractivity contribution in [3.05, 3.63) is 71.0 Å². The van der Waals surface area contributed by atoms with Gasteiger partial charge in [0.1, 0.15) is 11.9 Å². The number of nitrogens with zero attached hydrogens (tertiary/aromatic N) is 1. The molecule has 4 nitrogen and oxygen atoms in total. The van der Waals surface area contributed by atoms with Gasteiger partial charge in [-0.15, -0.1) is 0 Å². The summed E-state index contributed by atoms with van der Waals surface area (Å²) in [5.41, 5.74) is 2.14. The second kappa shape index (κ2) is 9.31. The van der Waals surface area contributed by atoms with Crippen molar-refractivity contribution in [3.8, 4) is 0 Å². The van der Waals surface area contributed by atoms with E-state index in [1.807, 2.05) is 39.8 Å². The molecule has 144 valence electrons. The Morgan fingerprint density at radius 3 is 2.41 bits per heavy atom. The highest BCUT2D eigenvalue weighted by Crippen LogP contribution is 2.14. The summed E-state index contributed by atoms with van der Waals surface area (Å²) in [6, 6.07) is 12.8. The Morgan fingerprint density at radius 1 is 1.11 bits per heavy atom. The predicted octanol–water partition coefficient (Wildman–Crippen LogP) is 3.94. The van der Waals surface area contributed by atoms with E-state index < -0.39 is 6.04 Å². The first-order valence-electron chi connectivity index (χ1n) is 9.23. The van der Waals surface area contributed by atoms with Crippen molar-refractivity contribution in [1.29, 1.82) is 0 Å². The molecule has 0 aliphatic carbocycles. The smallest absolute Gasteiger partial charge is 0.252 e. The molecule has 0 saturated carbocycles. The summed E-state index contributed by atoms with van der Waals surface area (Å²) in [4.78, 5) is 27.4. The number of amides is 2. The van der Waals surface area contributed by atoms with Crippen LogP contribution in [0.5, 0.6) is 0 Å². The van der Waals surface area contributed by atoms with Crippen LogP contribution in [0.25, 0.3) is 0 Å². The molecule has 0 fully saturated rings. The number of hydrogen-bond acceptors (Lipinski definition) is 2. The van der Waals surface area contributed by atoms with Gasteiger partial charge in [-0.3, -0.25) is 9.59 Å². The lowest BCUT2D eigenvalue weighted by molar-refractivity contribution is -0.134. The van der Waals surface area contributed by atoms with Crippen LogP contribution in [0.2, 0.25) is 0 Å². The normalized spacial score (nSPS) is 11.9. The van der Waals surface area contributed by atoms with E-state index in [0.29, 0.717) is 18.7 Å². The molecule has 0 aliphatic rings. The van der Waals surface area contributed by atoms with Crippen LogP contribution in [-0.4, -0.2) is 29.3 Å². The highest BCUT2D eigenvalue weighted by molar-refractivity contribution is 5.98. The maximum absolute atomic E-state index is 13.4. The van der Waals surface area contributed by atoms with Gasteiger partial charge in [-0.2, -0.15) is 0 Å². The Hall–Kier alpha value is -2.69. The molecule has 0 aliphatic heterocycles. The molecule has 5 heteroatoms. The molecular formula is C22H27FN2O2. The Kier molecular flexibility index (Phi) is 7.11. The standard InChI is InChI=1S/C22H27FN2O2/c1-5-25(14-17-10-8-11-18(23)13-17)22(27)20(15(2)3)24-21(26)19-12-7-6-9-16(19)4/h6-13,15,20H,5,14H2,1-4H3,(H,24,26)/t20-/m0/s1. The third-order valence-corrected chi connectivity index (χ3v) is 4.56. The number of nitrogens with one attached hydrogen (secondary N) is 1. The van der Waals surface area contributed by atoms with Crippen LogP contribution in [0.15, 0.2) is 48.5 Å². The maximum Gasteiger partial charge on any atom is 0.252 e. The minimum absolute atomic E-state index is 0.0768. The molecule has 0 unspecified atom stereocenters. The average Bonchev–Trinajstić information content (AvgIpc) is 2.63. The zero-order valence-corrected chi connectivity index (χ0v) is 16.3. The summed E-state index contributed by atoms with van der Waals surface area (Å²) >= 11 is 0. The molecule has 2 amide bonds. The van der Waals surface area contributed by atoms with Crippen LogP contribution < -0.4 is 5.32 Å². The highest BCUT2D eigenvalue weighted by Gasteiger charge is 2.28. The van der Waals surface area contributed by atoms with Crippen LogP contribution >= 0.6 is 0 Å². The lowest BCUT2D eigenvalue weighted by Gasteiger charge is -2.29. The summed E-state index contributed by atoms with van der Waals surface area (Å²) in [6.45, 7) is 8.31. The van der Waals surface area contributed by atoms with E-state index in [1.54, 1.807) is 29.2 Å². The molecule has 0 heterocycles. The summed E-state index contributed by atoms with van der Waals surface area (Å²) in [6.07, 6.45) is 0. The quantitative estimate of drug-likeness (QED) is 0.803. The molecule has 0 spiro atoms. The molecule has 0 bridgehead atoms. The molecule has 0 saturated heterocycles. The van der Waals surface area contributed by atoms with Crippen molar-refractivity contribution in [3.63, 3.8) is 0 Å². The monoisotopic (exact) mass is 370 g/mol. The number of likely N-dealkylation sites (N-methyl/N-ethyl adjacent to an activating group) is 1. The van der Waals surface area contributed by atoms with Crippen molar-refractivity contribution < 1.29 is 14.0 Å². The van der Waals surface area contributed by atoms with E-state index in [4.69, 9.17) is 0 Å². The van der Waals surface area contributed by atoms with Gasteiger partial charge in [-0.05, 0) is 49.1 Å². The molecule has 2 aromatic carbocycles. The maximum atomic E-state index is 13.4. The van der Waals surface area contributed by atoms with E-state index >= 15 is 0 Å². The van der Waals surface area contributed by atoms with Crippen LogP contribution in [0.3, 0.4) is 0 Å². The molecule has 1 N–H and O–H groups in total. The SMILES string of the molecule is CCN(Cc1cccc(F)c1)C(=O)[C@@H](NC(=O)c1ccccc1C)C(C)C. The largest absolute Gasteiger partial charge is 0.340 e. The van der Waals surface area contributed by atoms with Gasteiger partial charge in [0.25, 0.3) is 5.91 Å². The van der Waals surface area contributed by atoms with Gasteiger partial charge in [0, 0.05) is 18.7 Å². The van der Waals surface area contributed by atoms with E-state index in [0.717, 1.165) is 11.1 Å². The number of hydrogen-bond donors (Lipinski definition) is 1. The average molecular weight is 370 g/mol. The van der Waals surface area contributed by atoms with Gasteiger partial charge in [0.2, 0.25) is 5.91 Å². The first-order valence-corrected chi connectivity index (χ1v) is 9.23. The molecule has 0 radical (unpaired) electrons. The van der Waals surface area contributed by atoms with Gasteiger partial charge in [0.05, 0.1) is 0 Å².